The predicted molar refractivity (Wildman–Crippen MR) is 80.9 cm³/mol. The van der Waals surface area contributed by atoms with Crippen molar-refractivity contribution in [3.05, 3.63) is 35.9 Å². The minimum absolute atomic E-state index is 0.00456. The van der Waals surface area contributed by atoms with Crippen LogP contribution in [-0.4, -0.2) is 49.6 Å². The van der Waals surface area contributed by atoms with Crippen LogP contribution in [0.1, 0.15) is 24.8 Å². The molecule has 3 atom stereocenters. The van der Waals surface area contributed by atoms with Crippen LogP contribution >= 0.6 is 0 Å². The van der Waals surface area contributed by atoms with Gasteiger partial charge in [-0.25, -0.2) is 4.79 Å². The summed E-state index contributed by atoms with van der Waals surface area (Å²) in [5.74, 6) is -0.835. The molecule has 120 valence electrons. The number of rotatable bonds is 5. The lowest BCUT2D eigenvalue weighted by molar-refractivity contribution is -0.295. The van der Waals surface area contributed by atoms with Gasteiger partial charge in [0.25, 0.3) is 0 Å². The molecule has 22 heavy (non-hydrogen) atoms. The molecule has 0 saturated carbocycles. The van der Waals surface area contributed by atoms with E-state index >= 15 is 0 Å². The van der Waals surface area contributed by atoms with E-state index in [0.29, 0.717) is 13.0 Å². The lowest BCUT2D eigenvalue weighted by Gasteiger charge is -2.16. The molecule has 0 radical (unpaired) electrons. The third-order valence-corrected chi connectivity index (χ3v) is 3.75. The summed E-state index contributed by atoms with van der Waals surface area (Å²) in [4.78, 5) is 35.4. The smallest absolute Gasteiger partial charge is 0.347 e. The second-order valence-electron chi connectivity index (χ2n) is 5.68. The lowest BCUT2D eigenvalue weighted by Crippen LogP contribution is -2.39. The second-order valence-corrected chi connectivity index (χ2v) is 5.68. The Hall–Kier alpha value is -1.92. The molecule has 1 fully saturated rings. The fraction of sp³-hybridized carbons (Fsp3) is 0.500. The Morgan fingerprint density at radius 3 is 2.59 bits per heavy atom. The third-order valence-electron chi connectivity index (χ3n) is 3.75. The molecule has 0 spiro atoms. The van der Waals surface area contributed by atoms with Crippen molar-refractivity contribution in [3.8, 4) is 0 Å². The number of hydrogen-bond donors (Lipinski definition) is 1. The second kappa shape index (κ2) is 7.38. The van der Waals surface area contributed by atoms with Crippen LogP contribution < -0.4 is 5.32 Å². The third kappa shape index (κ3) is 4.05. The summed E-state index contributed by atoms with van der Waals surface area (Å²) < 4.78 is 0. The molecule has 1 aliphatic heterocycles. The molecule has 1 N–H and O–H groups in total. The summed E-state index contributed by atoms with van der Waals surface area (Å²) in [6.07, 6.45) is 0.185. The molecular formula is C16H22N2O4. The van der Waals surface area contributed by atoms with E-state index in [0.717, 1.165) is 5.56 Å². The van der Waals surface area contributed by atoms with Crippen molar-refractivity contribution < 1.29 is 19.4 Å². The summed E-state index contributed by atoms with van der Waals surface area (Å²) in [5.41, 5.74) is 0.876. The van der Waals surface area contributed by atoms with Gasteiger partial charge < -0.3 is 10.2 Å². The van der Waals surface area contributed by atoms with Gasteiger partial charge in [0.2, 0.25) is 5.91 Å². The Morgan fingerprint density at radius 1 is 1.27 bits per heavy atom. The van der Waals surface area contributed by atoms with E-state index in [1.807, 2.05) is 30.3 Å². The minimum atomic E-state index is -0.436. The van der Waals surface area contributed by atoms with Gasteiger partial charge in [0.15, 0.2) is 0 Å². The average Bonchev–Trinajstić information content (AvgIpc) is 3.00. The van der Waals surface area contributed by atoms with Crippen LogP contribution in [0.2, 0.25) is 0 Å². The number of nitrogens with zero attached hydrogens (tertiary/aromatic N) is 1. The fourth-order valence-corrected chi connectivity index (χ4v) is 2.34. The number of carbonyl (C=O) groups excluding carboxylic acids is 2. The first-order valence-corrected chi connectivity index (χ1v) is 7.35. The van der Waals surface area contributed by atoms with Gasteiger partial charge in [-0.15, -0.1) is 0 Å². The number of likely N-dealkylation sites (N-methyl/N-ethyl adjacent to an activating group) is 1. The van der Waals surface area contributed by atoms with Crippen molar-refractivity contribution in [2.75, 3.05) is 20.6 Å². The Bertz CT molecular complexity index is 518. The summed E-state index contributed by atoms with van der Waals surface area (Å²) in [5, 5.41) is 3.06. The molecule has 0 aliphatic carbocycles. The van der Waals surface area contributed by atoms with E-state index in [9.17, 15) is 9.59 Å². The molecule has 1 aliphatic rings. The summed E-state index contributed by atoms with van der Waals surface area (Å²) >= 11 is 0. The highest BCUT2D eigenvalue weighted by Crippen LogP contribution is 2.18. The molecule has 1 saturated heterocycles. The number of benzene rings is 1. The van der Waals surface area contributed by atoms with Gasteiger partial charge in [0, 0.05) is 27.1 Å². The van der Waals surface area contributed by atoms with E-state index in [-0.39, 0.29) is 18.1 Å². The van der Waals surface area contributed by atoms with Gasteiger partial charge in [-0.05, 0) is 12.5 Å². The summed E-state index contributed by atoms with van der Waals surface area (Å²) in [7, 11) is 3.42. The topological polar surface area (TPSA) is 67.9 Å². The fourth-order valence-electron chi connectivity index (χ4n) is 2.34. The van der Waals surface area contributed by atoms with Gasteiger partial charge in [-0.1, -0.05) is 30.3 Å². The summed E-state index contributed by atoms with van der Waals surface area (Å²) in [6.45, 7) is 2.25. The van der Waals surface area contributed by atoms with E-state index in [1.165, 1.54) is 4.90 Å². The molecular weight excluding hydrogens is 284 g/mol. The van der Waals surface area contributed by atoms with E-state index in [4.69, 9.17) is 9.78 Å². The molecule has 1 amide bonds. The van der Waals surface area contributed by atoms with Crippen LogP contribution in [0.15, 0.2) is 30.3 Å². The number of amides is 1. The Morgan fingerprint density at radius 2 is 1.95 bits per heavy atom. The Labute approximate surface area is 130 Å². The van der Waals surface area contributed by atoms with E-state index < -0.39 is 11.9 Å². The molecule has 0 bridgehead atoms. The molecule has 0 aromatic heterocycles. The van der Waals surface area contributed by atoms with Gasteiger partial charge >= 0.3 is 5.97 Å². The zero-order valence-corrected chi connectivity index (χ0v) is 13.1. The average molecular weight is 306 g/mol. The SMILES string of the molecule is CC(C(=O)OO[C@@H]1CN[C@H](C(=O)N(C)C)C1)c1ccccc1. The number of hydrogen-bond acceptors (Lipinski definition) is 5. The highest BCUT2D eigenvalue weighted by atomic mass is 17.2. The zero-order valence-electron chi connectivity index (χ0n) is 13.1. The predicted octanol–water partition coefficient (Wildman–Crippen LogP) is 1.08. The standard InChI is InChI=1S/C16H22N2O4/c1-11(12-7-5-4-6-8-12)16(20)22-21-13-9-14(17-10-13)15(19)18(2)3/h4-8,11,13-14,17H,9-10H2,1-3H3/t11?,13-,14-/m0/s1. The quantitative estimate of drug-likeness (QED) is 0.651. The first-order valence-electron chi connectivity index (χ1n) is 7.35. The van der Waals surface area contributed by atoms with Crippen molar-refractivity contribution in [1.29, 1.82) is 0 Å². The van der Waals surface area contributed by atoms with Crippen LogP contribution in [0.5, 0.6) is 0 Å². The minimum Gasteiger partial charge on any atom is -0.347 e. The molecule has 1 heterocycles. The lowest BCUT2D eigenvalue weighted by atomic mass is 10.0. The van der Waals surface area contributed by atoms with Gasteiger partial charge in [-0.3, -0.25) is 9.68 Å². The van der Waals surface area contributed by atoms with Crippen LogP contribution in [-0.2, 0) is 19.4 Å². The first kappa shape index (κ1) is 16.5. The van der Waals surface area contributed by atoms with Crippen LogP contribution in [0.4, 0.5) is 0 Å². The first-order chi connectivity index (χ1) is 10.5. The molecule has 1 aromatic rings. The molecule has 6 heteroatoms. The van der Waals surface area contributed by atoms with Crippen LogP contribution in [0.3, 0.4) is 0 Å². The van der Waals surface area contributed by atoms with Crippen molar-refractivity contribution >= 4 is 11.9 Å². The van der Waals surface area contributed by atoms with E-state index in [1.54, 1.807) is 21.0 Å². The molecule has 2 rings (SSSR count). The van der Waals surface area contributed by atoms with Crippen molar-refractivity contribution in [1.82, 2.24) is 10.2 Å². The molecule has 1 aromatic carbocycles. The molecule has 1 unspecified atom stereocenters. The Balaban J connectivity index is 1.79. The number of carbonyl (C=O) groups is 2. The maximum Gasteiger partial charge on any atom is 0.349 e. The zero-order chi connectivity index (χ0) is 16.1. The Kier molecular flexibility index (Phi) is 5.51. The summed E-state index contributed by atoms with van der Waals surface area (Å²) in [6, 6.07) is 9.09. The normalized spacial score (nSPS) is 22.1. The van der Waals surface area contributed by atoms with Gasteiger partial charge in [-0.2, -0.15) is 4.89 Å². The highest BCUT2D eigenvalue weighted by molar-refractivity contribution is 5.81. The van der Waals surface area contributed by atoms with E-state index in [2.05, 4.69) is 5.32 Å². The van der Waals surface area contributed by atoms with Gasteiger partial charge in [0.1, 0.15) is 6.10 Å². The monoisotopic (exact) mass is 306 g/mol. The largest absolute Gasteiger partial charge is 0.349 e. The van der Waals surface area contributed by atoms with Crippen molar-refractivity contribution in [2.24, 2.45) is 0 Å². The van der Waals surface area contributed by atoms with Crippen molar-refractivity contribution in [2.45, 2.75) is 31.4 Å². The number of nitrogens with one attached hydrogen (secondary N) is 1. The van der Waals surface area contributed by atoms with Crippen molar-refractivity contribution in [3.63, 3.8) is 0 Å². The molecule has 6 nitrogen and oxygen atoms in total. The van der Waals surface area contributed by atoms with Gasteiger partial charge in [0.05, 0.1) is 12.0 Å². The van der Waals surface area contributed by atoms with Crippen LogP contribution in [0, 0.1) is 0 Å². The van der Waals surface area contributed by atoms with Crippen LogP contribution in [0.25, 0.3) is 0 Å². The maximum absolute atomic E-state index is 12.0. The highest BCUT2D eigenvalue weighted by Gasteiger charge is 2.32. The maximum atomic E-state index is 12.0.